The Labute approximate surface area is 159 Å². The van der Waals surface area contributed by atoms with Gasteiger partial charge in [0.15, 0.2) is 0 Å². The van der Waals surface area contributed by atoms with Crippen molar-refractivity contribution in [2.75, 3.05) is 0 Å². The number of carbonyl (C=O) groups excluding carboxylic acids is 2. The van der Waals surface area contributed by atoms with Gasteiger partial charge in [-0.3, -0.25) is 4.79 Å². The highest BCUT2D eigenvalue weighted by atomic mass is 16.5. The van der Waals surface area contributed by atoms with Crippen molar-refractivity contribution in [2.24, 2.45) is 0 Å². The number of hydrogen-bond acceptors (Lipinski definition) is 5. The standard InChI is InChI=1S/C14H10O3.C8H14O2/c15-13(11-7-3-1-4-8-11)14(16)17-12-9-5-2-6-10-12;1-7(2,9)5-6-8(3,4)10/h1-10H;9-10H,1-4H3. The molecule has 2 N–H and O–H groups in total. The lowest BCUT2D eigenvalue weighted by Crippen LogP contribution is -2.20. The van der Waals surface area contributed by atoms with E-state index in [1.807, 2.05) is 0 Å². The summed E-state index contributed by atoms with van der Waals surface area (Å²) in [4.78, 5) is 23.2. The lowest BCUT2D eigenvalue weighted by atomic mass is 10.1. The van der Waals surface area contributed by atoms with E-state index in [1.54, 1.807) is 88.4 Å². The average Bonchev–Trinajstić information content (AvgIpc) is 2.60. The minimum Gasteiger partial charge on any atom is -0.421 e. The number of rotatable bonds is 3. The molecule has 2 aromatic carbocycles. The third-order valence-electron chi connectivity index (χ3n) is 2.85. The van der Waals surface area contributed by atoms with Gasteiger partial charge in [-0.25, -0.2) is 4.79 Å². The van der Waals surface area contributed by atoms with Crippen molar-refractivity contribution in [3.05, 3.63) is 66.2 Å². The fourth-order valence-corrected chi connectivity index (χ4v) is 1.66. The Kier molecular flexibility index (Phi) is 7.92. The summed E-state index contributed by atoms with van der Waals surface area (Å²) in [6.07, 6.45) is 0. The molecule has 5 heteroatoms. The third kappa shape index (κ3) is 9.95. The van der Waals surface area contributed by atoms with E-state index >= 15 is 0 Å². The van der Waals surface area contributed by atoms with E-state index in [0.717, 1.165) is 0 Å². The first-order valence-corrected chi connectivity index (χ1v) is 8.34. The van der Waals surface area contributed by atoms with Crippen LogP contribution in [0.5, 0.6) is 5.75 Å². The molecule has 27 heavy (non-hydrogen) atoms. The molecule has 0 fully saturated rings. The van der Waals surface area contributed by atoms with Crippen molar-refractivity contribution in [1.29, 1.82) is 0 Å². The van der Waals surface area contributed by atoms with Crippen molar-refractivity contribution in [1.82, 2.24) is 0 Å². The number of carbonyl (C=O) groups is 2. The van der Waals surface area contributed by atoms with Gasteiger partial charge in [0, 0.05) is 5.56 Å². The highest BCUT2D eigenvalue weighted by Crippen LogP contribution is 2.10. The lowest BCUT2D eigenvalue weighted by Gasteiger charge is -2.10. The second kappa shape index (κ2) is 9.67. The monoisotopic (exact) mass is 368 g/mol. The van der Waals surface area contributed by atoms with Gasteiger partial charge in [0.2, 0.25) is 0 Å². The van der Waals surface area contributed by atoms with E-state index in [0.29, 0.717) is 11.3 Å². The second-order valence-corrected chi connectivity index (χ2v) is 6.77. The van der Waals surface area contributed by atoms with E-state index in [9.17, 15) is 9.59 Å². The van der Waals surface area contributed by atoms with Crippen LogP contribution in [0.4, 0.5) is 0 Å². The number of benzene rings is 2. The number of hydrogen-bond donors (Lipinski definition) is 2. The van der Waals surface area contributed by atoms with Crippen LogP contribution in [0.3, 0.4) is 0 Å². The van der Waals surface area contributed by atoms with Crippen LogP contribution >= 0.6 is 0 Å². The molecule has 0 saturated heterocycles. The number of ketones is 1. The molecule has 2 aromatic rings. The molecule has 0 radical (unpaired) electrons. The zero-order chi connectivity index (χ0) is 20.5. The Bertz CT molecular complexity index is 783. The molecule has 0 aliphatic rings. The summed E-state index contributed by atoms with van der Waals surface area (Å²) in [6.45, 7) is 6.30. The van der Waals surface area contributed by atoms with Crippen LogP contribution in [0.15, 0.2) is 60.7 Å². The van der Waals surface area contributed by atoms with E-state index < -0.39 is 23.0 Å². The molecule has 142 valence electrons. The van der Waals surface area contributed by atoms with Gasteiger partial charge in [-0.15, -0.1) is 0 Å². The number of esters is 1. The van der Waals surface area contributed by atoms with Crippen molar-refractivity contribution in [2.45, 2.75) is 38.9 Å². The first-order chi connectivity index (χ1) is 12.5. The van der Waals surface area contributed by atoms with E-state index in [1.165, 1.54) is 0 Å². The first kappa shape index (κ1) is 22.1. The molecule has 2 rings (SSSR count). The first-order valence-electron chi connectivity index (χ1n) is 8.34. The normalized spacial score (nSPS) is 10.6. The Balaban J connectivity index is 0.000000314. The Morgan fingerprint density at radius 3 is 1.59 bits per heavy atom. The summed E-state index contributed by atoms with van der Waals surface area (Å²) >= 11 is 0. The zero-order valence-electron chi connectivity index (χ0n) is 15.9. The van der Waals surface area contributed by atoms with Gasteiger partial charge >= 0.3 is 5.97 Å². The van der Waals surface area contributed by atoms with Gasteiger partial charge < -0.3 is 14.9 Å². The number of para-hydroxylation sites is 1. The molecule has 0 bridgehead atoms. The molecule has 0 aliphatic carbocycles. The molecule has 0 saturated carbocycles. The maximum atomic E-state index is 11.7. The summed E-state index contributed by atoms with van der Waals surface area (Å²) < 4.78 is 4.94. The molecular formula is C22H24O5. The van der Waals surface area contributed by atoms with Crippen LogP contribution in [-0.2, 0) is 4.79 Å². The molecule has 0 aliphatic heterocycles. The van der Waals surface area contributed by atoms with Crippen LogP contribution in [0.2, 0.25) is 0 Å². The van der Waals surface area contributed by atoms with Gasteiger partial charge in [-0.05, 0) is 39.8 Å². The maximum Gasteiger partial charge on any atom is 0.385 e. The molecule has 0 heterocycles. The van der Waals surface area contributed by atoms with Gasteiger partial charge in [0.05, 0.1) is 0 Å². The minimum absolute atomic E-state index is 0.327. The highest BCUT2D eigenvalue weighted by molar-refractivity contribution is 6.41. The second-order valence-electron chi connectivity index (χ2n) is 6.77. The predicted octanol–water partition coefficient (Wildman–Crippen LogP) is 3.01. The molecular weight excluding hydrogens is 344 g/mol. The van der Waals surface area contributed by atoms with E-state index in [4.69, 9.17) is 14.9 Å². The largest absolute Gasteiger partial charge is 0.421 e. The summed E-state index contributed by atoms with van der Waals surface area (Å²) in [5, 5.41) is 18.2. The third-order valence-corrected chi connectivity index (χ3v) is 2.85. The van der Waals surface area contributed by atoms with Crippen molar-refractivity contribution in [3.8, 4) is 17.6 Å². The average molecular weight is 368 g/mol. The molecule has 0 aromatic heterocycles. The van der Waals surface area contributed by atoms with Crippen LogP contribution in [0.25, 0.3) is 0 Å². The molecule has 0 spiro atoms. The fraction of sp³-hybridized carbons (Fsp3) is 0.273. The number of Topliss-reactive ketones (excluding diaryl/α,β-unsaturated/α-hetero) is 1. The van der Waals surface area contributed by atoms with E-state index in [-0.39, 0.29) is 0 Å². The number of ether oxygens (including phenoxy) is 1. The topological polar surface area (TPSA) is 83.8 Å². The quantitative estimate of drug-likeness (QED) is 0.286. The van der Waals surface area contributed by atoms with Gasteiger partial charge in [0.25, 0.3) is 5.78 Å². The summed E-state index contributed by atoms with van der Waals surface area (Å²) in [5.41, 5.74) is -1.70. The van der Waals surface area contributed by atoms with Crippen molar-refractivity contribution >= 4 is 11.8 Å². The van der Waals surface area contributed by atoms with Gasteiger partial charge in [-0.1, -0.05) is 60.4 Å². The molecule has 0 atom stereocenters. The Morgan fingerprint density at radius 1 is 0.778 bits per heavy atom. The Morgan fingerprint density at radius 2 is 1.19 bits per heavy atom. The molecule has 0 unspecified atom stereocenters. The minimum atomic E-state index is -1.01. The van der Waals surface area contributed by atoms with Crippen molar-refractivity contribution in [3.63, 3.8) is 0 Å². The maximum absolute atomic E-state index is 11.7. The van der Waals surface area contributed by atoms with E-state index in [2.05, 4.69) is 11.8 Å². The van der Waals surface area contributed by atoms with Gasteiger partial charge in [-0.2, -0.15) is 0 Å². The molecule has 5 nitrogen and oxygen atoms in total. The van der Waals surface area contributed by atoms with Gasteiger partial charge in [0.1, 0.15) is 17.0 Å². The predicted molar refractivity (Wildman–Crippen MR) is 103 cm³/mol. The molecule has 0 amide bonds. The van der Waals surface area contributed by atoms with Crippen LogP contribution in [0, 0.1) is 11.8 Å². The SMILES string of the molecule is CC(C)(O)C#CC(C)(C)O.O=C(Oc1ccccc1)C(=O)c1ccccc1. The van der Waals surface area contributed by atoms with Crippen LogP contribution in [0.1, 0.15) is 38.1 Å². The van der Waals surface area contributed by atoms with Crippen LogP contribution in [-0.4, -0.2) is 33.2 Å². The smallest absolute Gasteiger partial charge is 0.385 e. The lowest BCUT2D eigenvalue weighted by molar-refractivity contribution is -0.129. The Hall–Kier alpha value is -2.94. The van der Waals surface area contributed by atoms with Crippen LogP contribution < -0.4 is 4.74 Å². The van der Waals surface area contributed by atoms with Crippen molar-refractivity contribution < 1.29 is 24.5 Å². The fourth-order valence-electron chi connectivity index (χ4n) is 1.66. The highest BCUT2D eigenvalue weighted by Gasteiger charge is 2.18. The number of aliphatic hydroxyl groups is 2. The summed E-state index contributed by atoms with van der Waals surface area (Å²) in [6, 6.07) is 16.8. The summed E-state index contributed by atoms with van der Waals surface area (Å²) in [5.74, 6) is 3.88. The zero-order valence-corrected chi connectivity index (χ0v) is 15.9. The summed E-state index contributed by atoms with van der Waals surface area (Å²) in [7, 11) is 0.